The average molecular weight is 455 g/mol. The van der Waals surface area contributed by atoms with E-state index in [-0.39, 0.29) is 5.91 Å². The fourth-order valence-corrected chi connectivity index (χ4v) is 4.82. The maximum Gasteiger partial charge on any atom is 0.254 e. The molecular formula is C25H26N8O. The fourth-order valence-electron chi connectivity index (χ4n) is 4.82. The zero-order valence-electron chi connectivity index (χ0n) is 19.0. The molecule has 0 aliphatic carbocycles. The monoisotopic (exact) mass is 454 g/mol. The smallest absolute Gasteiger partial charge is 0.254 e. The summed E-state index contributed by atoms with van der Waals surface area (Å²) in [6, 6.07) is 9.94. The second-order valence-corrected chi connectivity index (χ2v) is 8.68. The highest BCUT2D eigenvalue weighted by atomic mass is 16.1. The largest absolute Gasteiger partial charge is 0.355 e. The quantitative estimate of drug-likeness (QED) is 0.436. The minimum Gasteiger partial charge on any atom is -0.355 e. The summed E-state index contributed by atoms with van der Waals surface area (Å²) in [6.07, 6.45) is 6.59. The van der Waals surface area contributed by atoms with Crippen molar-refractivity contribution in [1.29, 1.82) is 0 Å². The summed E-state index contributed by atoms with van der Waals surface area (Å²) in [7, 11) is 1.97. The maximum absolute atomic E-state index is 12.8. The van der Waals surface area contributed by atoms with Crippen molar-refractivity contribution < 1.29 is 4.79 Å². The Hall–Kier alpha value is -3.98. The molecule has 6 rings (SSSR count). The lowest BCUT2D eigenvalue weighted by atomic mass is 10.0. The van der Waals surface area contributed by atoms with Gasteiger partial charge in [0.05, 0.1) is 23.1 Å². The van der Waals surface area contributed by atoms with Crippen LogP contribution in [-0.4, -0.2) is 51.6 Å². The maximum atomic E-state index is 12.8. The van der Waals surface area contributed by atoms with Gasteiger partial charge in [-0.3, -0.25) is 9.78 Å². The van der Waals surface area contributed by atoms with Gasteiger partial charge in [0.15, 0.2) is 0 Å². The van der Waals surface area contributed by atoms with Gasteiger partial charge in [0.25, 0.3) is 5.91 Å². The number of hydrogen-bond acceptors (Lipinski definition) is 7. The van der Waals surface area contributed by atoms with Crippen LogP contribution in [0.4, 0.5) is 17.3 Å². The van der Waals surface area contributed by atoms with Crippen molar-refractivity contribution in [2.24, 2.45) is 7.05 Å². The number of fused-ring (bicyclic) bond motifs is 2. The first-order valence-corrected chi connectivity index (χ1v) is 11.6. The summed E-state index contributed by atoms with van der Waals surface area (Å²) in [5.41, 5.74) is 4.83. The highest BCUT2D eigenvalue weighted by Crippen LogP contribution is 2.36. The Morgan fingerprint density at radius 2 is 2.03 bits per heavy atom. The number of amides is 1. The van der Waals surface area contributed by atoms with Gasteiger partial charge < -0.3 is 25.4 Å². The summed E-state index contributed by atoms with van der Waals surface area (Å²) in [6.45, 7) is 4.31. The van der Waals surface area contributed by atoms with E-state index in [0.717, 1.165) is 66.3 Å². The number of nitrogens with zero attached hydrogens (tertiary/aromatic N) is 5. The predicted octanol–water partition coefficient (Wildman–Crippen LogP) is 2.82. The molecule has 9 heteroatoms. The summed E-state index contributed by atoms with van der Waals surface area (Å²) in [5.74, 6) is 1.53. The minimum absolute atomic E-state index is 0.103. The number of carbonyl (C=O) groups is 1. The Morgan fingerprint density at radius 1 is 1.09 bits per heavy atom. The molecule has 0 aromatic carbocycles. The number of aromatic nitrogens is 4. The van der Waals surface area contributed by atoms with Gasteiger partial charge in [0.2, 0.25) is 0 Å². The van der Waals surface area contributed by atoms with Crippen molar-refractivity contribution in [2.75, 3.05) is 36.4 Å². The van der Waals surface area contributed by atoms with Gasteiger partial charge in [0.1, 0.15) is 17.3 Å². The first kappa shape index (κ1) is 20.6. The zero-order chi connectivity index (χ0) is 23.1. The number of anilines is 3. The third-order valence-corrected chi connectivity index (χ3v) is 6.52. The molecule has 0 saturated carbocycles. The van der Waals surface area contributed by atoms with E-state index in [1.807, 2.05) is 48.1 Å². The molecule has 2 aliphatic heterocycles. The van der Waals surface area contributed by atoms with Crippen LogP contribution in [0.5, 0.6) is 0 Å². The third kappa shape index (κ3) is 3.54. The van der Waals surface area contributed by atoms with E-state index in [2.05, 4.69) is 25.8 Å². The van der Waals surface area contributed by atoms with Crippen molar-refractivity contribution in [3.8, 4) is 11.3 Å². The predicted molar refractivity (Wildman–Crippen MR) is 132 cm³/mol. The molecule has 3 N–H and O–H groups in total. The highest BCUT2D eigenvalue weighted by molar-refractivity contribution is 6.06. The van der Waals surface area contributed by atoms with Crippen molar-refractivity contribution in [2.45, 2.75) is 13.0 Å². The summed E-state index contributed by atoms with van der Waals surface area (Å²) >= 11 is 0. The standard InChI is InChI=1S/C25H26N8O/c1-32-12-7-17-16(6-9-27-24(17)32)23-18-14-29-25(34)22(18)19(15-28-23)30-20-4-2-5-21(31-20)33-11-3-8-26-10-13-33/h2,4-7,9,12,15,26H,3,8,10-11,13-14H2,1H3,(H,29,34)(H,30,31). The SMILES string of the molecule is Cn1ccc2c(-c3ncc(Nc4cccc(N5CCCNCC5)n4)c4c3CNC4=O)ccnc21. The molecule has 0 radical (unpaired) electrons. The summed E-state index contributed by atoms with van der Waals surface area (Å²) in [5, 5.41) is 10.8. The molecule has 0 atom stereocenters. The van der Waals surface area contributed by atoms with E-state index < -0.39 is 0 Å². The summed E-state index contributed by atoms with van der Waals surface area (Å²) < 4.78 is 1.98. The molecule has 9 nitrogen and oxygen atoms in total. The Bertz CT molecular complexity index is 1390. The molecule has 172 valence electrons. The Balaban J connectivity index is 1.37. The molecule has 1 fully saturated rings. The minimum atomic E-state index is -0.103. The van der Waals surface area contributed by atoms with Crippen LogP contribution in [0.25, 0.3) is 22.3 Å². The fraction of sp³-hybridized carbons (Fsp3) is 0.280. The highest BCUT2D eigenvalue weighted by Gasteiger charge is 2.28. The van der Waals surface area contributed by atoms with Gasteiger partial charge >= 0.3 is 0 Å². The molecular weight excluding hydrogens is 428 g/mol. The van der Waals surface area contributed by atoms with Crippen LogP contribution in [0, 0.1) is 0 Å². The molecule has 2 aliphatic rings. The normalized spacial score (nSPS) is 15.8. The van der Waals surface area contributed by atoms with Crippen molar-refractivity contribution in [3.63, 3.8) is 0 Å². The molecule has 0 unspecified atom stereocenters. The van der Waals surface area contributed by atoms with E-state index >= 15 is 0 Å². The number of pyridine rings is 3. The van der Waals surface area contributed by atoms with Crippen LogP contribution in [0.2, 0.25) is 0 Å². The van der Waals surface area contributed by atoms with Gasteiger partial charge in [-0.05, 0) is 37.2 Å². The van der Waals surface area contributed by atoms with Crippen LogP contribution in [-0.2, 0) is 13.6 Å². The third-order valence-electron chi connectivity index (χ3n) is 6.52. The number of hydrogen-bond donors (Lipinski definition) is 3. The van der Waals surface area contributed by atoms with Gasteiger partial charge in [-0.25, -0.2) is 9.97 Å². The van der Waals surface area contributed by atoms with Crippen LogP contribution < -0.4 is 20.9 Å². The topological polar surface area (TPSA) is 100 Å². The number of aryl methyl sites for hydroxylation is 1. The number of rotatable bonds is 4. The molecule has 6 heterocycles. The van der Waals surface area contributed by atoms with Gasteiger partial charge in [-0.15, -0.1) is 0 Å². The van der Waals surface area contributed by atoms with Gasteiger partial charge in [0, 0.05) is 62.1 Å². The number of carbonyl (C=O) groups excluding carboxylic acids is 1. The lowest BCUT2D eigenvalue weighted by molar-refractivity contribution is 0.0966. The van der Waals surface area contributed by atoms with Gasteiger partial charge in [-0.2, -0.15) is 0 Å². The van der Waals surface area contributed by atoms with E-state index in [1.54, 1.807) is 12.4 Å². The molecule has 0 spiro atoms. The van der Waals surface area contributed by atoms with Crippen LogP contribution in [0.1, 0.15) is 22.3 Å². The van der Waals surface area contributed by atoms with Crippen molar-refractivity contribution in [1.82, 2.24) is 30.2 Å². The van der Waals surface area contributed by atoms with E-state index in [9.17, 15) is 4.79 Å². The van der Waals surface area contributed by atoms with Crippen molar-refractivity contribution >= 4 is 34.3 Å². The van der Waals surface area contributed by atoms with Crippen LogP contribution >= 0.6 is 0 Å². The number of nitrogens with one attached hydrogen (secondary N) is 3. The Kier molecular flexibility index (Phi) is 5.10. The second-order valence-electron chi connectivity index (χ2n) is 8.68. The average Bonchev–Trinajstić information content (AvgIpc) is 3.31. The van der Waals surface area contributed by atoms with E-state index in [4.69, 9.17) is 9.97 Å². The van der Waals surface area contributed by atoms with E-state index in [1.165, 1.54) is 0 Å². The molecule has 1 amide bonds. The van der Waals surface area contributed by atoms with Crippen LogP contribution in [0.3, 0.4) is 0 Å². The lowest BCUT2D eigenvalue weighted by Crippen LogP contribution is -2.28. The van der Waals surface area contributed by atoms with Crippen LogP contribution in [0.15, 0.2) is 48.9 Å². The molecule has 0 bridgehead atoms. The first-order valence-electron chi connectivity index (χ1n) is 11.6. The molecule has 34 heavy (non-hydrogen) atoms. The first-order chi connectivity index (χ1) is 16.7. The Labute approximate surface area is 197 Å². The molecule has 4 aromatic heterocycles. The van der Waals surface area contributed by atoms with Crippen molar-refractivity contribution in [3.05, 3.63) is 60.0 Å². The Morgan fingerprint density at radius 3 is 2.97 bits per heavy atom. The zero-order valence-corrected chi connectivity index (χ0v) is 19.0. The summed E-state index contributed by atoms with van der Waals surface area (Å²) in [4.78, 5) is 29.2. The lowest BCUT2D eigenvalue weighted by Gasteiger charge is -2.21. The molecule has 1 saturated heterocycles. The van der Waals surface area contributed by atoms with E-state index in [0.29, 0.717) is 23.6 Å². The van der Waals surface area contributed by atoms with Gasteiger partial charge in [-0.1, -0.05) is 6.07 Å². The molecule has 4 aromatic rings. The second kappa shape index (κ2) is 8.42.